The number of para-hydroxylation sites is 1. The highest BCUT2D eigenvalue weighted by Crippen LogP contribution is 2.26. The Labute approximate surface area is 113 Å². The number of hydrogen-bond acceptors (Lipinski definition) is 4. The van der Waals surface area contributed by atoms with Gasteiger partial charge in [-0.15, -0.1) is 0 Å². The van der Waals surface area contributed by atoms with E-state index in [9.17, 15) is 0 Å². The summed E-state index contributed by atoms with van der Waals surface area (Å²) in [7, 11) is 0. The van der Waals surface area contributed by atoms with Gasteiger partial charge >= 0.3 is 0 Å². The van der Waals surface area contributed by atoms with Crippen molar-refractivity contribution in [3.8, 4) is 5.75 Å². The van der Waals surface area contributed by atoms with Gasteiger partial charge in [0.05, 0.1) is 0 Å². The van der Waals surface area contributed by atoms with Crippen molar-refractivity contribution in [1.29, 1.82) is 0 Å². The van der Waals surface area contributed by atoms with Crippen LogP contribution in [0.25, 0.3) is 0 Å². The van der Waals surface area contributed by atoms with Crippen LogP contribution in [-0.4, -0.2) is 10.1 Å². The molecule has 0 spiro atoms. The zero-order chi connectivity index (χ0) is 13.7. The van der Waals surface area contributed by atoms with Crippen LogP contribution in [0.2, 0.25) is 0 Å². The maximum Gasteiger partial charge on any atom is 0.264 e. The number of ether oxygens (including phenoxy) is 1. The van der Waals surface area contributed by atoms with Gasteiger partial charge < -0.3 is 9.26 Å². The molecule has 1 aromatic heterocycles. The number of aryl methyl sites for hydroxylation is 1. The quantitative estimate of drug-likeness (QED) is 0.794. The summed E-state index contributed by atoms with van der Waals surface area (Å²) in [5.41, 5.74) is 1.19. The molecule has 0 unspecified atom stereocenters. The molecular formula is C15H20N2O2. The van der Waals surface area contributed by atoms with Crippen molar-refractivity contribution < 1.29 is 9.26 Å². The van der Waals surface area contributed by atoms with E-state index in [-0.39, 0.29) is 0 Å². The summed E-state index contributed by atoms with van der Waals surface area (Å²) < 4.78 is 10.9. The Morgan fingerprint density at radius 2 is 2.05 bits per heavy atom. The summed E-state index contributed by atoms with van der Waals surface area (Å²) in [5, 5.41) is 3.91. The summed E-state index contributed by atoms with van der Waals surface area (Å²) in [6.45, 7) is 6.70. The van der Waals surface area contributed by atoms with Crippen molar-refractivity contribution in [3.63, 3.8) is 0 Å². The molecule has 4 nitrogen and oxygen atoms in total. The Morgan fingerprint density at radius 3 is 2.79 bits per heavy atom. The van der Waals surface area contributed by atoms with Crippen molar-refractivity contribution in [2.45, 2.75) is 46.1 Å². The van der Waals surface area contributed by atoms with Crippen LogP contribution < -0.4 is 4.74 Å². The topological polar surface area (TPSA) is 48.2 Å². The van der Waals surface area contributed by atoms with E-state index in [4.69, 9.17) is 9.26 Å². The van der Waals surface area contributed by atoms with Gasteiger partial charge in [-0.05, 0) is 24.0 Å². The first-order valence-electron chi connectivity index (χ1n) is 6.74. The van der Waals surface area contributed by atoms with Crippen LogP contribution >= 0.6 is 0 Å². The number of benzene rings is 1. The predicted molar refractivity (Wildman–Crippen MR) is 73.2 cm³/mol. The molecule has 0 saturated carbocycles. The van der Waals surface area contributed by atoms with Crippen LogP contribution in [0.5, 0.6) is 5.75 Å². The molecule has 0 saturated heterocycles. The van der Waals surface area contributed by atoms with Gasteiger partial charge in [0.1, 0.15) is 5.75 Å². The lowest BCUT2D eigenvalue weighted by atomic mass is 10.0. The van der Waals surface area contributed by atoms with Crippen LogP contribution in [0.15, 0.2) is 28.8 Å². The molecule has 0 atom stereocenters. The third-order valence-electron chi connectivity index (χ3n) is 2.88. The minimum atomic E-state index is 0.320. The molecule has 2 rings (SSSR count). The minimum absolute atomic E-state index is 0.320. The fraction of sp³-hybridized carbons (Fsp3) is 0.467. The van der Waals surface area contributed by atoms with Gasteiger partial charge in [0.15, 0.2) is 12.4 Å². The lowest BCUT2D eigenvalue weighted by molar-refractivity contribution is 0.240. The third-order valence-corrected chi connectivity index (χ3v) is 2.88. The lowest BCUT2D eigenvalue weighted by Crippen LogP contribution is -2.00. The number of aromatic nitrogens is 2. The van der Waals surface area contributed by atoms with Crippen molar-refractivity contribution in [1.82, 2.24) is 10.1 Å². The Kier molecular flexibility index (Phi) is 4.55. The molecule has 102 valence electrons. The van der Waals surface area contributed by atoms with E-state index in [1.54, 1.807) is 0 Å². The van der Waals surface area contributed by atoms with Gasteiger partial charge in [-0.1, -0.05) is 44.1 Å². The van der Waals surface area contributed by atoms with E-state index in [0.717, 1.165) is 24.4 Å². The van der Waals surface area contributed by atoms with E-state index >= 15 is 0 Å². The average Bonchev–Trinajstić information content (AvgIpc) is 2.85. The molecule has 1 heterocycles. The van der Waals surface area contributed by atoms with E-state index in [0.29, 0.717) is 18.4 Å². The van der Waals surface area contributed by atoms with Crippen molar-refractivity contribution in [3.05, 3.63) is 41.5 Å². The van der Waals surface area contributed by atoms with E-state index in [2.05, 4.69) is 37.0 Å². The molecule has 4 heteroatoms. The minimum Gasteiger partial charge on any atom is -0.483 e. The van der Waals surface area contributed by atoms with Crippen LogP contribution in [0.3, 0.4) is 0 Å². The molecule has 2 aromatic rings. The standard InChI is InChI=1S/C15H20N2O2/c1-4-7-14-16-15(19-17-14)10-18-13-9-6-5-8-12(13)11(2)3/h5-6,8-9,11H,4,7,10H2,1-3H3. The van der Waals surface area contributed by atoms with Crippen LogP contribution in [0.1, 0.15) is 50.4 Å². The maximum atomic E-state index is 5.78. The van der Waals surface area contributed by atoms with Crippen LogP contribution in [0, 0.1) is 0 Å². The summed E-state index contributed by atoms with van der Waals surface area (Å²) in [5.74, 6) is 2.59. The van der Waals surface area contributed by atoms with Crippen molar-refractivity contribution >= 4 is 0 Å². The first-order chi connectivity index (χ1) is 9.20. The zero-order valence-corrected chi connectivity index (χ0v) is 11.7. The van der Waals surface area contributed by atoms with Crippen LogP contribution in [-0.2, 0) is 13.0 Å². The molecule has 0 amide bonds. The maximum absolute atomic E-state index is 5.78. The van der Waals surface area contributed by atoms with E-state index in [1.807, 2.05) is 18.2 Å². The number of nitrogens with zero attached hydrogens (tertiary/aromatic N) is 2. The SMILES string of the molecule is CCCc1noc(COc2ccccc2C(C)C)n1. The fourth-order valence-corrected chi connectivity index (χ4v) is 1.90. The number of hydrogen-bond donors (Lipinski definition) is 0. The second-order valence-corrected chi connectivity index (χ2v) is 4.84. The van der Waals surface area contributed by atoms with E-state index in [1.165, 1.54) is 5.56 Å². The molecule has 0 aliphatic carbocycles. The average molecular weight is 260 g/mol. The highest BCUT2D eigenvalue weighted by atomic mass is 16.5. The zero-order valence-electron chi connectivity index (χ0n) is 11.7. The molecule has 0 radical (unpaired) electrons. The Bertz CT molecular complexity index is 520. The summed E-state index contributed by atoms with van der Waals surface area (Å²) in [4.78, 5) is 4.29. The molecule has 0 bridgehead atoms. The van der Waals surface area contributed by atoms with Gasteiger partial charge in [-0.2, -0.15) is 4.98 Å². The molecule has 0 N–H and O–H groups in total. The second kappa shape index (κ2) is 6.36. The van der Waals surface area contributed by atoms with Gasteiger partial charge in [0.25, 0.3) is 5.89 Å². The second-order valence-electron chi connectivity index (χ2n) is 4.84. The predicted octanol–water partition coefficient (Wildman–Crippen LogP) is 3.72. The fourth-order valence-electron chi connectivity index (χ4n) is 1.90. The van der Waals surface area contributed by atoms with E-state index < -0.39 is 0 Å². The molecule has 19 heavy (non-hydrogen) atoms. The highest BCUT2D eigenvalue weighted by molar-refractivity contribution is 5.35. The largest absolute Gasteiger partial charge is 0.483 e. The van der Waals surface area contributed by atoms with Crippen molar-refractivity contribution in [2.75, 3.05) is 0 Å². The first-order valence-corrected chi connectivity index (χ1v) is 6.74. The van der Waals surface area contributed by atoms with Crippen molar-refractivity contribution in [2.24, 2.45) is 0 Å². The number of rotatable bonds is 6. The smallest absolute Gasteiger partial charge is 0.264 e. The van der Waals surface area contributed by atoms with Gasteiger partial charge in [-0.25, -0.2) is 0 Å². The lowest BCUT2D eigenvalue weighted by Gasteiger charge is -2.12. The first kappa shape index (κ1) is 13.6. The van der Waals surface area contributed by atoms with Gasteiger partial charge in [0.2, 0.25) is 0 Å². The summed E-state index contributed by atoms with van der Waals surface area (Å²) in [6.07, 6.45) is 1.85. The summed E-state index contributed by atoms with van der Waals surface area (Å²) >= 11 is 0. The monoisotopic (exact) mass is 260 g/mol. The molecule has 0 fully saturated rings. The normalized spacial score (nSPS) is 10.9. The Hall–Kier alpha value is -1.84. The summed E-state index contributed by atoms with van der Waals surface area (Å²) in [6, 6.07) is 8.04. The van der Waals surface area contributed by atoms with Gasteiger partial charge in [-0.3, -0.25) is 0 Å². The molecule has 0 aliphatic rings. The van der Waals surface area contributed by atoms with Crippen LogP contribution in [0.4, 0.5) is 0 Å². The highest BCUT2D eigenvalue weighted by Gasteiger charge is 2.10. The third kappa shape index (κ3) is 3.56. The Morgan fingerprint density at radius 1 is 1.26 bits per heavy atom. The Balaban J connectivity index is 2.01. The molecular weight excluding hydrogens is 240 g/mol. The molecule has 0 aliphatic heterocycles. The van der Waals surface area contributed by atoms with Gasteiger partial charge in [0, 0.05) is 6.42 Å². The molecule has 1 aromatic carbocycles.